The predicted octanol–water partition coefficient (Wildman–Crippen LogP) is 25.2. The summed E-state index contributed by atoms with van der Waals surface area (Å²) in [7, 11) is 1.50. The van der Waals surface area contributed by atoms with Crippen LogP contribution in [0.1, 0.15) is 386 Å². The van der Waals surface area contributed by atoms with Crippen LogP contribution in [0.3, 0.4) is 0 Å². The molecule has 0 rings (SSSR count). The quantitative estimate of drug-likeness (QED) is 0.0211. The number of likely N-dealkylation sites (N-methyl/N-ethyl adjacent to an activating group) is 1. The van der Waals surface area contributed by atoms with Crippen LogP contribution in [-0.4, -0.2) is 74.9 Å². The molecule has 0 fully saturated rings. The van der Waals surface area contributed by atoms with Crippen LogP contribution in [-0.2, 0) is 32.7 Å². The number of hydrogen-bond acceptors (Lipinski definition) is 7. The average molecular weight is 1260 g/mol. The molecule has 0 aromatic heterocycles. The Hall–Kier alpha value is -2.03. The number of rotatable bonds is 72. The first kappa shape index (κ1) is 86.0. The van der Waals surface area contributed by atoms with E-state index in [1.807, 2.05) is 21.1 Å². The third-order valence-corrected chi connectivity index (χ3v) is 18.3. The second-order valence-corrected chi connectivity index (χ2v) is 28.8. The molecule has 0 bridgehead atoms. The van der Waals surface area contributed by atoms with Gasteiger partial charge in [0.2, 0.25) is 0 Å². The summed E-state index contributed by atoms with van der Waals surface area (Å²) in [5.41, 5.74) is 0. The van der Waals surface area contributed by atoms with Crippen molar-refractivity contribution in [2.45, 2.75) is 392 Å². The van der Waals surface area contributed by atoms with Crippen LogP contribution in [0, 0.1) is 0 Å². The predicted molar refractivity (Wildman–Crippen MR) is 381 cm³/mol. The second-order valence-electron chi connectivity index (χ2n) is 27.4. The molecule has 0 saturated carbocycles. The van der Waals surface area contributed by atoms with E-state index in [9.17, 15) is 19.0 Å². The molecule has 0 saturated heterocycles. The molecule has 0 aliphatic carbocycles. The van der Waals surface area contributed by atoms with Gasteiger partial charge < -0.3 is 18.9 Å². The highest BCUT2D eigenvalue weighted by molar-refractivity contribution is 7.47. The van der Waals surface area contributed by atoms with Crippen LogP contribution in [0.25, 0.3) is 0 Å². The molecule has 2 atom stereocenters. The Morgan fingerprint density at radius 3 is 0.920 bits per heavy atom. The maximum Gasteiger partial charge on any atom is 0.472 e. The van der Waals surface area contributed by atoms with Gasteiger partial charge in [-0.25, -0.2) is 4.57 Å². The molecule has 0 heterocycles. The summed E-state index contributed by atoms with van der Waals surface area (Å²) in [5.74, 6) is -0.776. The van der Waals surface area contributed by atoms with Crippen LogP contribution in [0.4, 0.5) is 0 Å². The fourth-order valence-electron chi connectivity index (χ4n) is 11.4. The molecule has 518 valence electrons. The Morgan fingerprint density at radius 2 is 0.614 bits per heavy atom. The van der Waals surface area contributed by atoms with Crippen molar-refractivity contribution in [3.05, 3.63) is 48.6 Å². The summed E-state index contributed by atoms with van der Waals surface area (Å²) in [6.07, 6.45) is 91.0. The third kappa shape index (κ3) is 73.0. The largest absolute Gasteiger partial charge is 0.472 e. The Bertz CT molecular complexity index is 1620. The van der Waals surface area contributed by atoms with E-state index in [0.717, 1.165) is 44.9 Å². The lowest BCUT2D eigenvalue weighted by Crippen LogP contribution is -2.37. The molecule has 0 amide bonds. The van der Waals surface area contributed by atoms with Gasteiger partial charge in [-0.2, -0.15) is 0 Å². The van der Waals surface area contributed by atoms with E-state index < -0.39 is 26.5 Å². The molecular weight excluding hydrogens is 1110 g/mol. The zero-order valence-electron chi connectivity index (χ0n) is 59.2. The van der Waals surface area contributed by atoms with Crippen LogP contribution in [0.2, 0.25) is 0 Å². The highest BCUT2D eigenvalue weighted by atomic mass is 31.2. The summed E-state index contributed by atoms with van der Waals surface area (Å²) in [5, 5.41) is 0. The number of phosphoric acid groups is 1. The van der Waals surface area contributed by atoms with Gasteiger partial charge in [0.1, 0.15) is 19.8 Å². The molecule has 1 N–H and O–H groups in total. The lowest BCUT2D eigenvalue weighted by atomic mass is 10.0. The standard InChI is InChI=1S/C78H148NO8P/c1-6-8-10-12-14-16-18-20-22-24-26-28-30-32-34-36-38-39-41-42-44-46-48-50-52-54-56-58-60-62-64-66-68-70-77(80)84-74-76(75-86-88(82,83)85-73-72-79(3,4)5)87-78(81)71-69-67-65-63-61-59-57-55-53-51-49-47-45-43-40-37-35-33-31-29-27-25-23-21-19-17-15-13-11-9-7-2/h19,21,24-27,31,33,76H,6-18,20,22-23,28-30,32,34-75H2,1-5H3/p+1/b21-19-,26-24-,27-25-,33-31-. The molecule has 9 nitrogen and oxygen atoms in total. The fourth-order valence-corrected chi connectivity index (χ4v) is 12.2. The van der Waals surface area contributed by atoms with Gasteiger partial charge in [0, 0.05) is 12.8 Å². The smallest absolute Gasteiger partial charge is 0.462 e. The van der Waals surface area contributed by atoms with Gasteiger partial charge in [0.05, 0.1) is 27.7 Å². The van der Waals surface area contributed by atoms with Crippen LogP contribution in [0.5, 0.6) is 0 Å². The molecule has 0 radical (unpaired) electrons. The molecule has 0 aliphatic rings. The topological polar surface area (TPSA) is 108 Å². The van der Waals surface area contributed by atoms with Crippen molar-refractivity contribution >= 4 is 19.8 Å². The number of nitrogens with zero attached hydrogens (tertiary/aromatic N) is 1. The van der Waals surface area contributed by atoms with Gasteiger partial charge in [-0.3, -0.25) is 18.6 Å². The summed E-state index contributed by atoms with van der Waals surface area (Å²) >= 11 is 0. The van der Waals surface area contributed by atoms with E-state index in [-0.39, 0.29) is 25.6 Å². The number of quaternary nitrogens is 1. The molecular formula is C78H149NO8P+. The number of carbonyl (C=O) groups excluding carboxylic acids is 2. The molecule has 0 aromatic carbocycles. The van der Waals surface area contributed by atoms with Gasteiger partial charge in [-0.15, -0.1) is 0 Å². The van der Waals surface area contributed by atoms with Crippen molar-refractivity contribution in [3.63, 3.8) is 0 Å². The molecule has 0 aliphatic heterocycles. The van der Waals surface area contributed by atoms with Crippen molar-refractivity contribution in [2.24, 2.45) is 0 Å². The van der Waals surface area contributed by atoms with E-state index in [1.165, 1.54) is 308 Å². The SMILES string of the molecule is CCCCCCC/C=C\C/C=C\C/C=C\CCCCCCCCCCCCCCCCCCC(=O)OC(COC(=O)CCCCCCCCCCCCCCCCCCCCCCC/C=C\CCCCCCCCCC)COP(=O)(O)OCC[N+](C)(C)C. The molecule has 88 heavy (non-hydrogen) atoms. The fraction of sp³-hybridized carbons (Fsp3) is 0.872. The van der Waals surface area contributed by atoms with Crippen molar-refractivity contribution in [3.8, 4) is 0 Å². The van der Waals surface area contributed by atoms with Gasteiger partial charge >= 0.3 is 19.8 Å². The van der Waals surface area contributed by atoms with E-state index in [1.54, 1.807) is 0 Å². The van der Waals surface area contributed by atoms with Crippen LogP contribution in [0.15, 0.2) is 48.6 Å². The average Bonchev–Trinajstić information content (AvgIpc) is 3.68. The van der Waals surface area contributed by atoms with Gasteiger partial charge in [0.25, 0.3) is 0 Å². The first-order chi connectivity index (χ1) is 43.0. The number of phosphoric ester groups is 1. The number of esters is 2. The number of allylic oxidation sites excluding steroid dienone is 8. The summed E-state index contributed by atoms with van der Waals surface area (Å²) in [6.45, 7) is 4.49. The molecule has 0 spiro atoms. The minimum Gasteiger partial charge on any atom is -0.462 e. The van der Waals surface area contributed by atoms with E-state index in [2.05, 4.69) is 62.5 Å². The Balaban J connectivity index is 3.95. The summed E-state index contributed by atoms with van der Waals surface area (Å²) in [4.78, 5) is 35.9. The van der Waals surface area contributed by atoms with Gasteiger partial charge in [-0.1, -0.05) is 345 Å². The van der Waals surface area contributed by atoms with E-state index >= 15 is 0 Å². The molecule has 2 unspecified atom stereocenters. The number of hydrogen-bond donors (Lipinski definition) is 1. The number of ether oxygens (including phenoxy) is 2. The monoisotopic (exact) mass is 1260 g/mol. The first-order valence-corrected chi connectivity index (χ1v) is 39.9. The van der Waals surface area contributed by atoms with Crippen molar-refractivity contribution in [1.29, 1.82) is 0 Å². The van der Waals surface area contributed by atoms with Crippen molar-refractivity contribution in [2.75, 3.05) is 47.5 Å². The summed E-state index contributed by atoms with van der Waals surface area (Å²) in [6, 6.07) is 0. The molecule has 0 aromatic rings. The Kier molecular flexibility index (Phi) is 67.7. The zero-order chi connectivity index (χ0) is 64.1. The van der Waals surface area contributed by atoms with Crippen molar-refractivity contribution < 1.29 is 42.1 Å². The minimum atomic E-state index is -4.39. The van der Waals surface area contributed by atoms with E-state index in [0.29, 0.717) is 23.9 Å². The van der Waals surface area contributed by atoms with Crippen molar-refractivity contribution in [1.82, 2.24) is 0 Å². The van der Waals surface area contributed by atoms with Crippen LogP contribution >= 0.6 is 7.82 Å². The maximum absolute atomic E-state index is 12.9. The second kappa shape index (κ2) is 69.3. The zero-order valence-corrected chi connectivity index (χ0v) is 60.1. The van der Waals surface area contributed by atoms with Crippen LogP contribution < -0.4 is 0 Å². The highest BCUT2D eigenvalue weighted by Gasteiger charge is 2.27. The molecule has 10 heteroatoms. The minimum absolute atomic E-state index is 0.0337. The van der Waals surface area contributed by atoms with Gasteiger partial charge in [-0.05, 0) is 77.0 Å². The Labute approximate surface area is 547 Å². The summed E-state index contributed by atoms with van der Waals surface area (Å²) < 4.78 is 34.8. The van der Waals surface area contributed by atoms with Gasteiger partial charge in [0.15, 0.2) is 6.10 Å². The number of unbranched alkanes of at least 4 members (excludes halogenated alkanes) is 50. The number of carbonyl (C=O) groups is 2. The normalized spacial score (nSPS) is 13.3. The maximum atomic E-state index is 12.9. The lowest BCUT2D eigenvalue weighted by molar-refractivity contribution is -0.870. The van der Waals surface area contributed by atoms with E-state index in [4.69, 9.17) is 18.5 Å². The highest BCUT2D eigenvalue weighted by Crippen LogP contribution is 2.43. The lowest BCUT2D eigenvalue weighted by Gasteiger charge is -2.24. The first-order valence-electron chi connectivity index (χ1n) is 38.4. The third-order valence-electron chi connectivity index (χ3n) is 17.3. The Morgan fingerprint density at radius 1 is 0.352 bits per heavy atom.